The van der Waals surface area contributed by atoms with Gasteiger partial charge in [-0.05, 0) is 38.0 Å². The number of carboxylic acid groups (broad SMARTS) is 1. The molecular formula is C16H23NO3S. The molecule has 0 spiro atoms. The number of carbonyl (C=O) groups excluding carboxylic acids is 1. The minimum absolute atomic E-state index is 0.00597. The zero-order chi connectivity index (χ0) is 15.8. The Morgan fingerprint density at radius 3 is 2.67 bits per heavy atom. The molecule has 0 aliphatic rings. The van der Waals surface area contributed by atoms with Gasteiger partial charge in [0, 0.05) is 11.4 Å². The highest BCUT2D eigenvalue weighted by atomic mass is 32.2. The molecule has 0 aliphatic heterocycles. The predicted molar refractivity (Wildman–Crippen MR) is 86.0 cm³/mol. The summed E-state index contributed by atoms with van der Waals surface area (Å²) in [4.78, 5) is 23.9. The van der Waals surface area contributed by atoms with Crippen molar-refractivity contribution >= 4 is 23.6 Å². The van der Waals surface area contributed by atoms with E-state index in [0.717, 1.165) is 29.7 Å². The molecule has 1 amide bonds. The first-order valence-corrected chi connectivity index (χ1v) is 8.12. The smallest absolute Gasteiger partial charge is 0.335 e. The van der Waals surface area contributed by atoms with Crippen LogP contribution in [0, 0.1) is 6.92 Å². The molecule has 5 heteroatoms. The van der Waals surface area contributed by atoms with Gasteiger partial charge in [-0.1, -0.05) is 25.8 Å². The molecule has 0 bridgehead atoms. The minimum Gasteiger partial charge on any atom is -0.478 e. The van der Waals surface area contributed by atoms with Gasteiger partial charge in [0.25, 0.3) is 0 Å². The summed E-state index contributed by atoms with van der Waals surface area (Å²) >= 11 is 1.38. The molecule has 1 atom stereocenters. The third-order valence-electron chi connectivity index (χ3n) is 3.20. The molecule has 0 aliphatic carbocycles. The average molecular weight is 309 g/mol. The molecule has 0 radical (unpaired) electrons. The van der Waals surface area contributed by atoms with Gasteiger partial charge in [0.2, 0.25) is 5.91 Å². The number of hydrogen-bond acceptors (Lipinski definition) is 3. The van der Waals surface area contributed by atoms with Crippen LogP contribution in [0.4, 0.5) is 0 Å². The van der Waals surface area contributed by atoms with E-state index in [2.05, 4.69) is 12.2 Å². The number of benzene rings is 1. The Morgan fingerprint density at radius 2 is 2.05 bits per heavy atom. The fourth-order valence-corrected chi connectivity index (χ4v) is 2.82. The van der Waals surface area contributed by atoms with Gasteiger partial charge in [0.05, 0.1) is 10.8 Å². The van der Waals surface area contributed by atoms with Crippen LogP contribution in [0.2, 0.25) is 0 Å². The predicted octanol–water partition coefficient (Wildman–Crippen LogP) is 3.48. The van der Waals surface area contributed by atoms with Gasteiger partial charge in [0.15, 0.2) is 0 Å². The zero-order valence-corrected chi connectivity index (χ0v) is 13.6. The van der Waals surface area contributed by atoms with Gasteiger partial charge in [-0.25, -0.2) is 4.79 Å². The Labute approximate surface area is 130 Å². The van der Waals surface area contributed by atoms with Crippen LogP contribution >= 0.6 is 11.8 Å². The lowest BCUT2D eigenvalue weighted by atomic mass is 10.1. The van der Waals surface area contributed by atoms with Crippen molar-refractivity contribution in [2.75, 3.05) is 6.54 Å². The molecule has 0 saturated carbocycles. The fraction of sp³-hybridized carbons (Fsp3) is 0.500. The Kier molecular flexibility index (Phi) is 7.29. The van der Waals surface area contributed by atoms with E-state index in [9.17, 15) is 9.59 Å². The summed E-state index contributed by atoms with van der Waals surface area (Å²) in [6, 6.07) is 5.26. The lowest BCUT2D eigenvalue weighted by Gasteiger charge is -2.12. The second kappa shape index (κ2) is 8.72. The molecule has 116 valence electrons. The highest BCUT2D eigenvalue weighted by Gasteiger charge is 2.15. The highest BCUT2D eigenvalue weighted by molar-refractivity contribution is 8.00. The van der Waals surface area contributed by atoms with Crippen molar-refractivity contribution in [1.29, 1.82) is 0 Å². The van der Waals surface area contributed by atoms with Gasteiger partial charge in [-0.2, -0.15) is 0 Å². The Bertz CT molecular complexity index is 502. The van der Waals surface area contributed by atoms with E-state index in [-0.39, 0.29) is 16.7 Å². The lowest BCUT2D eigenvalue weighted by Crippen LogP contribution is -2.31. The van der Waals surface area contributed by atoms with E-state index in [1.165, 1.54) is 11.8 Å². The number of thioether (sulfide) groups is 1. The van der Waals surface area contributed by atoms with Gasteiger partial charge in [0.1, 0.15) is 0 Å². The average Bonchev–Trinajstić information content (AvgIpc) is 2.45. The number of carbonyl (C=O) groups is 2. The maximum Gasteiger partial charge on any atom is 0.335 e. The fourth-order valence-electron chi connectivity index (χ4n) is 1.89. The summed E-state index contributed by atoms with van der Waals surface area (Å²) in [7, 11) is 0. The Morgan fingerprint density at radius 1 is 1.33 bits per heavy atom. The lowest BCUT2D eigenvalue weighted by molar-refractivity contribution is -0.120. The molecule has 1 unspecified atom stereocenters. The minimum atomic E-state index is -0.938. The standard InChI is InChI=1S/C16H23NO3S/c1-4-5-6-9-17-15(18)12(3)21-13-8-7-11(2)14(10-13)16(19)20/h7-8,10,12H,4-6,9H2,1-3H3,(H,17,18)(H,19,20). The van der Waals surface area contributed by atoms with E-state index in [1.54, 1.807) is 19.1 Å². The summed E-state index contributed by atoms with van der Waals surface area (Å²) in [5.74, 6) is -0.944. The van der Waals surface area contributed by atoms with Gasteiger partial charge in [-0.15, -0.1) is 11.8 Å². The molecule has 1 aromatic rings. The number of nitrogens with one attached hydrogen (secondary N) is 1. The molecule has 0 heterocycles. The maximum atomic E-state index is 11.9. The topological polar surface area (TPSA) is 66.4 Å². The van der Waals surface area contributed by atoms with Crippen LogP contribution in [0.3, 0.4) is 0 Å². The molecule has 2 N–H and O–H groups in total. The third kappa shape index (κ3) is 5.79. The summed E-state index contributed by atoms with van der Waals surface area (Å²) < 4.78 is 0. The van der Waals surface area contributed by atoms with Crippen LogP contribution in [-0.4, -0.2) is 28.8 Å². The molecule has 1 aromatic carbocycles. The highest BCUT2D eigenvalue weighted by Crippen LogP contribution is 2.25. The SMILES string of the molecule is CCCCCNC(=O)C(C)Sc1ccc(C)c(C(=O)O)c1. The molecular weight excluding hydrogens is 286 g/mol. The number of aromatic carboxylic acids is 1. The summed E-state index contributed by atoms with van der Waals surface area (Å²) in [5.41, 5.74) is 1.01. The van der Waals surface area contributed by atoms with Crippen LogP contribution < -0.4 is 5.32 Å². The van der Waals surface area contributed by atoms with Gasteiger partial charge < -0.3 is 10.4 Å². The summed E-state index contributed by atoms with van der Waals surface area (Å²) in [6.45, 7) is 6.42. The first-order valence-electron chi connectivity index (χ1n) is 7.24. The molecule has 0 fully saturated rings. The number of unbranched alkanes of at least 4 members (excludes halogenated alkanes) is 2. The molecule has 0 aromatic heterocycles. The second-order valence-corrected chi connectivity index (χ2v) is 6.45. The van der Waals surface area contributed by atoms with Crippen molar-refractivity contribution in [3.05, 3.63) is 29.3 Å². The number of hydrogen-bond donors (Lipinski definition) is 2. The summed E-state index contributed by atoms with van der Waals surface area (Å²) in [6.07, 6.45) is 3.23. The van der Waals surface area contributed by atoms with Crippen molar-refractivity contribution < 1.29 is 14.7 Å². The molecule has 4 nitrogen and oxygen atoms in total. The Hall–Kier alpha value is -1.49. The van der Waals surface area contributed by atoms with Crippen molar-refractivity contribution in [3.8, 4) is 0 Å². The normalized spacial score (nSPS) is 12.0. The Balaban J connectivity index is 2.58. The van der Waals surface area contributed by atoms with Crippen molar-refractivity contribution in [2.45, 2.75) is 50.2 Å². The number of aryl methyl sites for hydroxylation is 1. The van der Waals surface area contributed by atoms with Crippen LogP contribution in [0.25, 0.3) is 0 Å². The zero-order valence-electron chi connectivity index (χ0n) is 12.8. The van der Waals surface area contributed by atoms with Crippen LogP contribution in [0.1, 0.15) is 49.0 Å². The number of rotatable bonds is 8. The molecule has 21 heavy (non-hydrogen) atoms. The van der Waals surface area contributed by atoms with E-state index >= 15 is 0 Å². The van der Waals surface area contributed by atoms with E-state index in [1.807, 2.05) is 13.0 Å². The number of amides is 1. The van der Waals surface area contributed by atoms with E-state index in [4.69, 9.17) is 5.11 Å². The van der Waals surface area contributed by atoms with E-state index in [0.29, 0.717) is 6.54 Å². The third-order valence-corrected chi connectivity index (χ3v) is 4.29. The first kappa shape index (κ1) is 17.6. The summed E-state index contributed by atoms with van der Waals surface area (Å²) in [5, 5.41) is 11.8. The second-order valence-electron chi connectivity index (χ2n) is 5.04. The monoisotopic (exact) mass is 309 g/mol. The molecule has 0 saturated heterocycles. The van der Waals surface area contributed by atoms with E-state index < -0.39 is 5.97 Å². The quantitative estimate of drug-likeness (QED) is 0.570. The van der Waals surface area contributed by atoms with Crippen molar-refractivity contribution in [2.24, 2.45) is 0 Å². The van der Waals surface area contributed by atoms with Gasteiger partial charge >= 0.3 is 5.97 Å². The number of carboxylic acids is 1. The van der Waals surface area contributed by atoms with Crippen molar-refractivity contribution in [1.82, 2.24) is 5.32 Å². The molecule has 1 rings (SSSR count). The van der Waals surface area contributed by atoms with Gasteiger partial charge in [-0.3, -0.25) is 4.79 Å². The largest absolute Gasteiger partial charge is 0.478 e. The van der Waals surface area contributed by atoms with Crippen molar-refractivity contribution in [3.63, 3.8) is 0 Å². The first-order chi connectivity index (χ1) is 9.95. The maximum absolute atomic E-state index is 11.9. The van der Waals surface area contributed by atoms with Crippen LogP contribution in [0.15, 0.2) is 23.1 Å². The van der Waals surface area contributed by atoms with Crippen LogP contribution in [0.5, 0.6) is 0 Å². The van der Waals surface area contributed by atoms with Crippen LogP contribution in [-0.2, 0) is 4.79 Å².